The molecular weight excluding hydrogens is 366 g/mol. The number of rotatable bonds is 4. The van der Waals surface area contributed by atoms with Gasteiger partial charge in [-0.1, -0.05) is 72.8 Å². The fourth-order valence-corrected chi connectivity index (χ4v) is 3.71. The van der Waals surface area contributed by atoms with Gasteiger partial charge in [0.1, 0.15) is 5.69 Å². The van der Waals surface area contributed by atoms with Gasteiger partial charge in [-0.05, 0) is 47.7 Å². The summed E-state index contributed by atoms with van der Waals surface area (Å²) in [5, 5.41) is 0. The molecule has 3 aromatic carbocycles. The molecule has 0 N–H and O–H groups in total. The van der Waals surface area contributed by atoms with Crippen LogP contribution in [0.2, 0.25) is 0 Å². The quantitative estimate of drug-likeness (QED) is 0.357. The van der Waals surface area contributed by atoms with Gasteiger partial charge in [0, 0.05) is 24.5 Å². The van der Waals surface area contributed by atoms with E-state index in [4.69, 9.17) is 9.97 Å². The summed E-state index contributed by atoms with van der Waals surface area (Å²) in [6.07, 6.45) is 4.14. The first-order chi connectivity index (χ1) is 14.7. The van der Waals surface area contributed by atoms with Crippen molar-refractivity contribution in [2.45, 2.75) is 20.4 Å². The summed E-state index contributed by atoms with van der Waals surface area (Å²) in [6.45, 7) is 5.12. The van der Waals surface area contributed by atoms with E-state index in [0.717, 1.165) is 29.3 Å². The zero-order valence-corrected chi connectivity index (χ0v) is 17.2. The van der Waals surface area contributed by atoms with Crippen LogP contribution in [-0.2, 0) is 6.54 Å². The Labute approximate surface area is 177 Å². The maximum atomic E-state index is 4.78. The molecule has 3 heteroatoms. The van der Waals surface area contributed by atoms with Crippen molar-refractivity contribution in [3.05, 3.63) is 108 Å². The van der Waals surface area contributed by atoms with E-state index in [9.17, 15) is 0 Å². The Morgan fingerprint density at radius 2 is 1.37 bits per heavy atom. The number of nitrogens with zero attached hydrogens (tertiary/aromatic N) is 3. The molecule has 0 aromatic heterocycles. The van der Waals surface area contributed by atoms with Crippen molar-refractivity contribution in [3.8, 4) is 33.9 Å². The highest BCUT2D eigenvalue weighted by Crippen LogP contribution is 2.28. The number of hydrogen-bond acceptors (Lipinski definition) is 2. The van der Waals surface area contributed by atoms with Crippen LogP contribution in [-0.4, -0.2) is 14.5 Å². The smallest absolute Gasteiger partial charge is 0.160 e. The van der Waals surface area contributed by atoms with E-state index in [0.29, 0.717) is 0 Å². The van der Waals surface area contributed by atoms with Gasteiger partial charge in [0.25, 0.3) is 0 Å². The summed E-state index contributed by atoms with van der Waals surface area (Å²) in [5.41, 5.74) is 9.22. The van der Waals surface area contributed by atoms with Gasteiger partial charge in [-0.2, -0.15) is 0 Å². The molecule has 0 spiro atoms. The summed E-state index contributed by atoms with van der Waals surface area (Å²) >= 11 is 0. The lowest BCUT2D eigenvalue weighted by Gasteiger charge is -2.07. The van der Waals surface area contributed by atoms with E-state index in [1.54, 1.807) is 0 Å². The molecule has 2 heterocycles. The average molecular weight is 390 g/mol. The minimum Gasteiger partial charge on any atom is -0.348 e. The summed E-state index contributed by atoms with van der Waals surface area (Å²) in [7, 11) is 0. The van der Waals surface area contributed by atoms with E-state index < -0.39 is 0 Å². The molecular formula is C27H23N3. The molecule has 2 aliphatic heterocycles. The third kappa shape index (κ3) is 3.62. The Morgan fingerprint density at radius 3 is 2.13 bits per heavy atom. The second-order valence-corrected chi connectivity index (χ2v) is 7.80. The Balaban J connectivity index is 1.42. The van der Waals surface area contributed by atoms with Crippen molar-refractivity contribution in [1.82, 2.24) is 14.5 Å². The van der Waals surface area contributed by atoms with Crippen LogP contribution < -0.4 is 0 Å². The van der Waals surface area contributed by atoms with Crippen LogP contribution in [0.4, 0.5) is 0 Å². The number of benzene rings is 3. The second-order valence-electron chi connectivity index (χ2n) is 7.80. The van der Waals surface area contributed by atoms with Gasteiger partial charge in [-0.15, -0.1) is 0 Å². The molecule has 146 valence electrons. The molecule has 0 saturated heterocycles. The lowest BCUT2D eigenvalue weighted by molar-refractivity contribution is 0.789. The predicted molar refractivity (Wildman–Crippen MR) is 123 cm³/mol. The molecule has 3 nitrogen and oxygen atoms in total. The van der Waals surface area contributed by atoms with Crippen molar-refractivity contribution in [2.75, 3.05) is 0 Å². The molecule has 0 atom stereocenters. The van der Waals surface area contributed by atoms with Crippen molar-refractivity contribution in [1.29, 1.82) is 0 Å². The molecule has 2 aliphatic rings. The van der Waals surface area contributed by atoms with Crippen molar-refractivity contribution >= 4 is 0 Å². The number of fused-ring (bicyclic) bond motifs is 1. The number of hydrogen-bond donors (Lipinski definition) is 0. The molecule has 0 bridgehead atoms. The van der Waals surface area contributed by atoms with Crippen molar-refractivity contribution in [2.24, 2.45) is 0 Å². The number of pyridine rings is 1. The second kappa shape index (κ2) is 7.60. The Hall–Kier alpha value is -3.72. The zero-order valence-electron chi connectivity index (χ0n) is 17.2. The summed E-state index contributed by atoms with van der Waals surface area (Å²) in [6, 6.07) is 27.6. The van der Waals surface area contributed by atoms with Crippen LogP contribution >= 0.6 is 0 Å². The van der Waals surface area contributed by atoms with Crippen LogP contribution in [0.3, 0.4) is 0 Å². The molecule has 0 fully saturated rings. The van der Waals surface area contributed by atoms with E-state index >= 15 is 0 Å². The molecule has 3 aromatic rings. The highest BCUT2D eigenvalue weighted by Gasteiger charge is 2.13. The average Bonchev–Trinajstić information content (AvgIpc) is 3.20. The molecule has 30 heavy (non-hydrogen) atoms. The first-order valence-corrected chi connectivity index (χ1v) is 10.2. The van der Waals surface area contributed by atoms with Crippen LogP contribution in [0, 0.1) is 13.8 Å². The Morgan fingerprint density at radius 1 is 0.667 bits per heavy atom. The van der Waals surface area contributed by atoms with Gasteiger partial charge in [-0.3, -0.25) is 0 Å². The van der Waals surface area contributed by atoms with Crippen molar-refractivity contribution in [3.63, 3.8) is 0 Å². The minimum absolute atomic E-state index is 0.772. The molecule has 5 rings (SSSR count). The van der Waals surface area contributed by atoms with Gasteiger partial charge < -0.3 is 4.57 Å². The molecule has 0 unspecified atom stereocenters. The topological polar surface area (TPSA) is 30.7 Å². The maximum absolute atomic E-state index is 4.78. The third-order valence-corrected chi connectivity index (χ3v) is 5.62. The number of aromatic nitrogens is 3. The van der Waals surface area contributed by atoms with Crippen LogP contribution in [0.15, 0.2) is 91.3 Å². The van der Waals surface area contributed by atoms with Crippen LogP contribution in [0.25, 0.3) is 33.9 Å². The first kappa shape index (κ1) is 18.3. The molecule has 0 radical (unpaired) electrons. The van der Waals surface area contributed by atoms with E-state index in [2.05, 4.69) is 97.5 Å². The fourth-order valence-electron chi connectivity index (χ4n) is 3.71. The zero-order chi connectivity index (χ0) is 20.5. The maximum Gasteiger partial charge on any atom is 0.160 e. The third-order valence-electron chi connectivity index (χ3n) is 5.62. The van der Waals surface area contributed by atoms with Gasteiger partial charge >= 0.3 is 0 Å². The molecule has 0 aliphatic carbocycles. The lowest BCUT2D eigenvalue weighted by Crippen LogP contribution is -2.00. The number of imidazole rings is 1. The monoisotopic (exact) mass is 389 g/mol. The summed E-state index contributed by atoms with van der Waals surface area (Å²) in [5.74, 6) is 0.772. The van der Waals surface area contributed by atoms with E-state index in [1.165, 1.54) is 27.8 Å². The normalized spacial score (nSPS) is 11.1. The lowest BCUT2D eigenvalue weighted by atomic mass is 9.99. The van der Waals surface area contributed by atoms with Gasteiger partial charge in [-0.25, -0.2) is 9.97 Å². The fraction of sp³-hybridized carbons (Fsp3) is 0.111. The van der Waals surface area contributed by atoms with Gasteiger partial charge in [0.2, 0.25) is 0 Å². The van der Waals surface area contributed by atoms with Crippen LogP contribution in [0.1, 0.15) is 16.7 Å². The Kier molecular flexibility index (Phi) is 4.64. The van der Waals surface area contributed by atoms with E-state index in [1.807, 2.05) is 12.1 Å². The largest absolute Gasteiger partial charge is 0.348 e. The highest BCUT2D eigenvalue weighted by atomic mass is 15.0. The van der Waals surface area contributed by atoms with Gasteiger partial charge in [0.15, 0.2) is 5.82 Å². The van der Waals surface area contributed by atoms with Crippen molar-refractivity contribution < 1.29 is 0 Å². The minimum atomic E-state index is 0.772. The molecule has 0 saturated carbocycles. The Bertz CT molecular complexity index is 1270. The molecule has 0 amide bonds. The van der Waals surface area contributed by atoms with Gasteiger partial charge in [0.05, 0.1) is 5.69 Å². The highest BCUT2D eigenvalue weighted by molar-refractivity contribution is 5.71. The summed E-state index contributed by atoms with van der Waals surface area (Å²) < 4.78 is 2.15. The standard InChI is InChI=1S/C27H23N3/c1-19-8-9-24(16-20(19)2)22-10-12-23(13-11-22)27-28-25-14-15-30(18-26(25)29-27)17-21-6-4-3-5-7-21/h3-16,18H,17H2,1-2H3. The number of aryl methyl sites for hydroxylation is 2. The van der Waals surface area contributed by atoms with E-state index in [-0.39, 0.29) is 0 Å². The van der Waals surface area contributed by atoms with Crippen LogP contribution in [0.5, 0.6) is 0 Å². The predicted octanol–water partition coefficient (Wildman–Crippen LogP) is 6.38. The first-order valence-electron chi connectivity index (χ1n) is 10.2. The summed E-state index contributed by atoms with van der Waals surface area (Å²) in [4.78, 5) is 9.52. The SMILES string of the molecule is Cc1ccc(-c2ccc(-c3nc4ccn(Cc5ccccc5)cc-4n3)cc2)cc1C.